The lowest BCUT2D eigenvalue weighted by molar-refractivity contribution is -0.132. The van der Waals surface area contributed by atoms with E-state index < -0.39 is 17.7 Å². The van der Waals surface area contributed by atoms with Crippen LogP contribution < -0.4 is 14.4 Å². The molecule has 1 aliphatic rings. The van der Waals surface area contributed by atoms with E-state index in [4.69, 9.17) is 9.47 Å². The molecule has 1 unspecified atom stereocenters. The number of amides is 1. The molecule has 38 heavy (non-hydrogen) atoms. The third-order valence-corrected chi connectivity index (χ3v) is 7.28. The van der Waals surface area contributed by atoms with E-state index in [1.165, 1.54) is 11.8 Å². The molecule has 0 spiro atoms. The third kappa shape index (κ3) is 4.97. The zero-order valence-corrected chi connectivity index (χ0v) is 22.4. The molecule has 0 saturated carbocycles. The second-order valence-corrected chi connectivity index (χ2v) is 9.72. The van der Waals surface area contributed by atoms with Gasteiger partial charge in [0.05, 0.1) is 28.8 Å². The van der Waals surface area contributed by atoms with Crippen LogP contribution in [0, 0.1) is 13.8 Å². The maximum Gasteiger partial charge on any atom is 0.301 e. The summed E-state index contributed by atoms with van der Waals surface area (Å²) in [5.74, 6) is -1.32. The number of ketones is 2. The molecule has 4 rings (SSSR count). The number of carbonyl (C=O) groups excluding carboxylic acids is 3. The molecular weight excluding hydrogens is 504 g/mol. The van der Waals surface area contributed by atoms with Gasteiger partial charge in [-0.3, -0.25) is 19.3 Å². The highest BCUT2D eigenvalue weighted by Crippen LogP contribution is 2.45. The third-order valence-electron chi connectivity index (χ3n) is 6.02. The Kier molecular flexibility index (Phi) is 7.78. The van der Waals surface area contributed by atoms with Gasteiger partial charge in [0.15, 0.2) is 22.4 Å². The number of rotatable bonds is 9. The second kappa shape index (κ2) is 11.0. The van der Waals surface area contributed by atoms with Gasteiger partial charge in [-0.2, -0.15) is 0 Å². The second-order valence-electron chi connectivity index (χ2n) is 8.74. The van der Waals surface area contributed by atoms with E-state index in [0.29, 0.717) is 39.8 Å². The number of carbonyl (C=O) groups is 3. The summed E-state index contributed by atoms with van der Waals surface area (Å²) < 4.78 is 11.5. The van der Waals surface area contributed by atoms with Gasteiger partial charge in [-0.15, -0.1) is 0 Å². The lowest BCUT2D eigenvalue weighted by Gasteiger charge is -2.24. The number of ether oxygens (including phenoxy) is 2. The van der Waals surface area contributed by atoms with Crippen molar-refractivity contribution in [3.8, 4) is 11.5 Å². The zero-order valence-electron chi connectivity index (χ0n) is 21.6. The summed E-state index contributed by atoms with van der Waals surface area (Å²) in [4.78, 5) is 45.1. The quantitative estimate of drug-likeness (QED) is 0.127. The monoisotopic (exact) mass is 532 g/mol. The van der Waals surface area contributed by atoms with Gasteiger partial charge < -0.3 is 14.6 Å². The van der Waals surface area contributed by atoms with E-state index in [1.54, 1.807) is 43.3 Å². The Morgan fingerprint density at radius 2 is 1.84 bits per heavy atom. The van der Waals surface area contributed by atoms with Crippen LogP contribution in [0.15, 0.2) is 60.7 Å². The molecule has 1 aromatic heterocycles. The van der Waals surface area contributed by atoms with E-state index in [1.807, 2.05) is 26.0 Å². The van der Waals surface area contributed by atoms with Gasteiger partial charge >= 0.3 is 5.91 Å². The maximum atomic E-state index is 13.4. The number of Topliss-reactive ketones (excluding diaryl/α,β-unsaturated/α-hetero) is 2. The van der Waals surface area contributed by atoms with Crippen LogP contribution in [0.5, 0.6) is 11.5 Å². The predicted molar refractivity (Wildman–Crippen MR) is 146 cm³/mol. The van der Waals surface area contributed by atoms with E-state index in [0.717, 1.165) is 16.9 Å². The van der Waals surface area contributed by atoms with E-state index >= 15 is 0 Å². The fraction of sp³-hybridized carbons (Fsp3) is 0.241. The van der Waals surface area contributed by atoms with Gasteiger partial charge in [-0.05, 0) is 38.5 Å². The highest BCUT2D eigenvalue weighted by Gasteiger charge is 2.48. The number of aryl methyl sites for hydroxylation is 2. The van der Waals surface area contributed by atoms with Crippen LogP contribution in [-0.4, -0.2) is 40.8 Å². The van der Waals surface area contributed by atoms with Crippen molar-refractivity contribution in [3.63, 3.8) is 0 Å². The Morgan fingerprint density at radius 3 is 2.45 bits per heavy atom. The smallest absolute Gasteiger partial charge is 0.301 e. The Balaban J connectivity index is 1.95. The zero-order chi connectivity index (χ0) is 27.6. The lowest BCUT2D eigenvalue weighted by Crippen LogP contribution is -2.29. The Labute approximate surface area is 224 Å². The average molecular weight is 533 g/mol. The van der Waals surface area contributed by atoms with Gasteiger partial charge in [0.1, 0.15) is 12.4 Å². The topological polar surface area (TPSA) is 106 Å². The fourth-order valence-electron chi connectivity index (χ4n) is 4.25. The van der Waals surface area contributed by atoms with Crippen LogP contribution in [0.2, 0.25) is 0 Å². The normalized spacial score (nSPS) is 16.5. The summed E-state index contributed by atoms with van der Waals surface area (Å²) in [6.07, 6.45) is 1.61. The van der Waals surface area contributed by atoms with Gasteiger partial charge in [0, 0.05) is 12.5 Å². The van der Waals surface area contributed by atoms with Gasteiger partial charge in [0.2, 0.25) is 0 Å². The SMILES string of the molecule is C=CCOc1ccc(C2/C(=C(\O)c3ccc(C)cc3)C(=O)C(=O)N2c2nc(C)c(C(C)=O)s2)cc1OCC. The summed E-state index contributed by atoms with van der Waals surface area (Å²) in [6.45, 7) is 11.1. The number of hydrogen-bond donors (Lipinski definition) is 1. The molecular formula is C29H28N2O6S. The minimum atomic E-state index is -1.02. The number of anilines is 1. The van der Waals surface area contributed by atoms with E-state index in [2.05, 4.69) is 11.6 Å². The summed E-state index contributed by atoms with van der Waals surface area (Å²) in [7, 11) is 0. The van der Waals surface area contributed by atoms with E-state index in [9.17, 15) is 19.5 Å². The molecule has 3 aromatic rings. The minimum Gasteiger partial charge on any atom is -0.507 e. The molecule has 0 bridgehead atoms. The lowest BCUT2D eigenvalue weighted by atomic mass is 9.95. The molecule has 0 radical (unpaired) electrons. The fourth-order valence-corrected chi connectivity index (χ4v) is 5.24. The highest BCUT2D eigenvalue weighted by molar-refractivity contribution is 7.18. The first-order valence-corrected chi connectivity index (χ1v) is 12.9. The van der Waals surface area contributed by atoms with Crippen molar-refractivity contribution in [2.24, 2.45) is 0 Å². The molecule has 1 saturated heterocycles. The number of aliphatic hydroxyl groups excluding tert-OH is 1. The molecule has 1 atom stereocenters. The highest BCUT2D eigenvalue weighted by atomic mass is 32.1. The number of aliphatic hydroxyl groups is 1. The maximum absolute atomic E-state index is 13.4. The molecule has 1 amide bonds. The Morgan fingerprint density at radius 1 is 1.13 bits per heavy atom. The van der Waals surface area contributed by atoms with E-state index in [-0.39, 0.29) is 28.9 Å². The first-order valence-electron chi connectivity index (χ1n) is 12.0. The van der Waals surface area contributed by atoms with Crippen molar-refractivity contribution >= 4 is 39.7 Å². The molecule has 1 N–H and O–H groups in total. The summed E-state index contributed by atoms with van der Waals surface area (Å²) >= 11 is 1.03. The Bertz CT molecular complexity index is 1450. The standard InChI is InChI=1S/C29H28N2O6S/c1-6-14-37-21-13-12-20(15-22(21)36-7-2)24-23(25(33)19-10-8-16(3)9-11-19)26(34)28(35)31(24)29-30-17(4)27(38-29)18(5)32/h6,8-13,15,24,33H,1,7,14H2,2-5H3/b25-23+. The molecule has 1 fully saturated rings. The summed E-state index contributed by atoms with van der Waals surface area (Å²) in [5.41, 5.74) is 2.25. The number of aromatic nitrogens is 1. The molecule has 196 valence electrons. The summed E-state index contributed by atoms with van der Waals surface area (Å²) in [5, 5.41) is 11.5. The molecule has 2 heterocycles. The van der Waals surface area contributed by atoms with Gasteiger partial charge in [-0.25, -0.2) is 4.98 Å². The Hall–Kier alpha value is -4.24. The van der Waals surface area contributed by atoms with Crippen LogP contribution in [0.3, 0.4) is 0 Å². The van der Waals surface area contributed by atoms with Crippen molar-refractivity contribution in [2.45, 2.75) is 33.7 Å². The van der Waals surface area contributed by atoms with Crippen LogP contribution in [0.25, 0.3) is 5.76 Å². The van der Waals surface area contributed by atoms with Crippen molar-refractivity contribution in [1.82, 2.24) is 4.98 Å². The number of thiazole rings is 1. The number of benzene rings is 2. The first-order chi connectivity index (χ1) is 18.2. The van der Waals surface area contributed by atoms with Crippen LogP contribution in [0.4, 0.5) is 5.13 Å². The van der Waals surface area contributed by atoms with Crippen LogP contribution >= 0.6 is 11.3 Å². The molecule has 1 aliphatic heterocycles. The van der Waals surface area contributed by atoms with Gasteiger partial charge in [-0.1, -0.05) is 59.9 Å². The van der Waals surface area contributed by atoms with Crippen LogP contribution in [-0.2, 0) is 9.59 Å². The van der Waals surface area contributed by atoms with Crippen molar-refractivity contribution in [2.75, 3.05) is 18.1 Å². The van der Waals surface area contributed by atoms with Crippen LogP contribution in [0.1, 0.15) is 51.9 Å². The van der Waals surface area contributed by atoms with Crippen molar-refractivity contribution in [3.05, 3.63) is 88.0 Å². The van der Waals surface area contributed by atoms with Gasteiger partial charge in [0.25, 0.3) is 5.78 Å². The molecule has 8 nitrogen and oxygen atoms in total. The molecule has 9 heteroatoms. The predicted octanol–water partition coefficient (Wildman–Crippen LogP) is 5.55. The summed E-state index contributed by atoms with van der Waals surface area (Å²) in [6, 6.07) is 11.0. The first kappa shape index (κ1) is 26.8. The average Bonchev–Trinajstić information content (AvgIpc) is 3.40. The molecule has 2 aromatic carbocycles. The molecule has 0 aliphatic carbocycles. The largest absolute Gasteiger partial charge is 0.507 e. The number of nitrogens with zero attached hydrogens (tertiary/aromatic N) is 2. The number of hydrogen-bond acceptors (Lipinski definition) is 8. The van der Waals surface area contributed by atoms with Crippen molar-refractivity contribution in [1.29, 1.82) is 0 Å². The van der Waals surface area contributed by atoms with Crippen molar-refractivity contribution < 1.29 is 29.0 Å². The minimum absolute atomic E-state index is 0.0849.